The van der Waals surface area contributed by atoms with E-state index in [1.165, 1.54) is 31.2 Å². The number of carbonyl (C=O) groups excluding carboxylic acids is 1. The van der Waals surface area contributed by atoms with Crippen LogP contribution < -0.4 is 0 Å². The summed E-state index contributed by atoms with van der Waals surface area (Å²) in [5.74, 6) is 0.150. The number of carboxylic acids is 1. The number of carbonyl (C=O) groups is 2. The molecule has 1 aromatic rings. The van der Waals surface area contributed by atoms with E-state index < -0.39 is 5.97 Å². The van der Waals surface area contributed by atoms with Gasteiger partial charge in [0.2, 0.25) is 0 Å². The summed E-state index contributed by atoms with van der Waals surface area (Å²) in [6.07, 6.45) is 9.70. The Labute approximate surface area is 132 Å². The van der Waals surface area contributed by atoms with Gasteiger partial charge in [-0.1, -0.05) is 56.4 Å². The van der Waals surface area contributed by atoms with Crippen LogP contribution in [0.5, 0.6) is 0 Å². The van der Waals surface area contributed by atoms with Gasteiger partial charge in [0.25, 0.3) is 0 Å². The number of ketones is 1. The van der Waals surface area contributed by atoms with E-state index in [-0.39, 0.29) is 0 Å². The van der Waals surface area contributed by atoms with Crippen molar-refractivity contribution < 1.29 is 14.7 Å². The van der Waals surface area contributed by atoms with E-state index in [0.29, 0.717) is 24.5 Å². The lowest BCUT2D eigenvalue weighted by Gasteiger charge is -2.24. The average molecular weight is 302 g/mol. The van der Waals surface area contributed by atoms with E-state index in [0.717, 1.165) is 31.2 Å². The van der Waals surface area contributed by atoms with E-state index >= 15 is 0 Å². The Kier molecular flexibility index (Phi) is 6.63. The molecule has 3 heteroatoms. The quantitative estimate of drug-likeness (QED) is 0.656. The molecule has 0 aromatic heterocycles. The number of rotatable bonds is 9. The first-order valence-electron chi connectivity index (χ1n) is 8.52. The number of benzene rings is 1. The van der Waals surface area contributed by atoms with Crippen molar-refractivity contribution in [2.24, 2.45) is 0 Å². The summed E-state index contributed by atoms with van der Waals surface area (Å²) < 4.78 is 0. The topological polar surface area (TPSA) is 54.4 Å². The predicted molar refractivity (Wildman–Crippen MR) is 87.3 cm³/mol. The Bertz CT molecular complexity index is 507. The first-order chi connectivity index (χ1) is 10.7. The van der Waals surface area contributed by atoms with Crippen LogP contribution in [0.4, 0.5) is 0 Å². The van der Waals surface area contributed by atoms with Crippen LogP contribution in [-0.4, -0.2) is 16.9 Å². The van der Waals surface area contributed by atoms with Crippen LogP contribution in [0, 0.1) is 0 Å². The molecule has 0 saturated heterocycles. The molecule has 22 heavy (non-hydrogen) atoms. The van der Waals surface area contributed by atoms with Crippen molar-refractivity contribution in [2.75, 3.05) is 0 Å². The van der Waals surface area contributed by atoms with Crippen LogP contribution in [0.1, 0.15) is 86.0 Å². The fourth-order valence-electron chi connectivity index (χ4n) is 3.38. The molecule has 1 atom stereocenters. The Morgan fingerprint density at radius 3 is 2.50 bits per heavy atom. The summed E-state index contributed by atoms with van der Waals surface area (Å²) in [7, 11) is 0. The molecule has 1 N–H and O–H groups in total. The molecule has 1 aliphatic rings. The molecule has 0 spiro atoms. The maximum Gasteiger partial charge on any atom is 0.303 e. The van der Waals surface area contributed by atoms with Gasteiger partial charge in [-0.25, -0.2) is 0 Å². The van der Waals surface area contributed by atoms with Gasteiger partial charge in [0.05, 0.1) is 0 Å². The molecule has 1 unspecified atom stereocenters. The van der Waals surface area contributed by atoms with Gasteiger partial charge in [0.15, 0.2) is 5.78 Å². The van der Waals surface area contributed by atoms with Crippen molar-refractivity contribution in [1.29, 1.82) is 0 Å². The SMILES string of the molecule is O=C(O)CCCCCCCCC1CCC(=O)c2ccccc21. The zero-order valence-electron chi connectivity index (χ0n) is 13.2. The van der Waals surface area contributed by atoms with Crippen molar-refractivity contribution in [2.45, 2.75) is 70.1 Å². The number of unbranched alkanes of at least 4 members (excludes halogenated alkanes) is 5. The van der Waals surface area contributed by atoms with Crippen molar-refractivity contribution in [3.8, 4) is 0 Å². The molecule has 0 aliphatic heterocycles. The Morgan fingerprint density at radius 2 is 1.73 bits per heavy atom. The van der Waals surface area contributed by atoms with Gasteiger partial charge in [-0.15, -0.1) is 0 Å². The molecule has 0 radical (unpaired) electrons. The van der Waals surface area contributed by atoms with E-state index in [9.17, 15) is 9.59 Å². The largest absolute Gasteiger partial charge is 0.481 e. The van der Waals surface area contributed by atoms with Crippen LogP contribution in [0.25, 0.3) is 0 Å². The minimum absolute atomic E-state index is 0.297. The highest BCUT2D eigenvalue weighted by Crippen LogP contribution is 2.35. The van der Waals surface area contributed by atoms with Crippen molar-refractivity contribution in [3.05, 3.63) is 35.4 Å². The molecule has 0 fully saturated rings. The lowest BCUT2D eigenvalue weighted by Crippen LogP contribution is -2.15. The van der Waals surface area contributed by atoms with Crippen LogP contribution in [0.15, 0.2) is 24.3 Å². The summed E-state index contributed by atoms with van der Waals surface area (Å²) in [5, 5.41) is 8.57. The standard InChI is InChI=1S/C19H26O3/c20-18-14-13-15(16-10-7-8-11-17(16)18)9-5-3-1-2-4-6-12-19(21)22/h7-8,10-11,15H,1-6,9,12-14H2,(H,21,22). The van der Waals surface area contributed by atoms with Crippen molar-refractivity contribution in [1.82, 2.24) is 0 Å². The molecule has 0 amide bonds. The monoisotopic (exact) mass is 302 g/mol. The summed E-state index contributed by atoms with van der Waals surface area (Å²) in [6.45, 7) is 0. The van der Waals surface area contributed by atoms with Crippen LogP contribution in [-0.2, 0) is 4.79 Å². The van der Waals surface area contributed by atoms with E-state index in [1.807, 2.05) is 18.2 Å². The van der Waals surface area contributed by atoms with Gasteiger partial charge < -0.3 is 5.11 Å². The lowest BCUT2D eigenvalue weighted by molar-refractivity contribution is -0.137. The second-order valence-electron chi connectivity index (χ2n) is 6.30. The minimum Gasteiger partial charge on any atom is -0.481 e. The van der Waals surface area contributed by atoms with E-state index in [4.69, 9.17) is 5.11 Å². The Balaban J connectivity index is 1.65. The molecule has 0 saturated carbocycles. The second-order valence-corrected chi connectivity index (χ2v) is 6.30. The zero-order valence-corrected chi connectivity index (χ0v) is 13.2. The number of Topliss-reactive ketones (excluding diaryl/α,β-unsaturated/α-hetero) is 1. The highest BCUT2D eigenvalue weighted by Gasteiger charge is 2.24. The number of hydrogen-bond acceptors (Lipinski definition) is 2. The summed E-state index contributed by atoms with van der Waals surface area (Å²) >= 11 is 0. The summed E-state index contributed by atoms with van der Waals surface area (Å²) in [6, 6.07) is 8.07. The van der Waals surface area contributed by atoms with Gasteiger partial charge in [0.1, 0.15) is 0 Å². The van der Waals surface area contributed by atoms with Gasteiger partial charge in [0, 0.05) is 18.4 Å². The molecule has 120 valence electrons. The Hall–Kier alpha value is -1.64. The third kappa shape index (κ3) is 4.97. The maximum absolute atomic E-state index is 11.9. The van der Waals surface area contributed by atoms with Crippen molar-refractivity contribution in [3.63, 3.8) is 0 Å². The molecule has 0 heterocycles. The Morgan fingerprint density at radius 1 is 1.05 bits per heavy atom. The smallest absolute Gasteiger partial charge is 0.303 e. The number of hydrogen-bond donors (Lipinski definition) is 1. The van der Waals surface area contributed by atoms with Crippen LogP contribution >= 0.6 is 0 Å². The summed E-state index contributed by atoms with van der Waals surface area (Å²) in [4.78, 5) is 22.3. The first-order valence-corrected chi connectivity index (χ1v) is 8.52. The molecule has 2 rings (SSSR count). The molecular formula is C19H26O3. The summed E-state index contributed by atoms with van der Waals surface area (Å²) in [5.41, 5.74) is 2.19. The lowest BCUT2D eigenvalue weighted by atomic mass is 9.79. The average Bonchev–Trinajstić information content (AvgIpc) is 2.52. The molecule has 1 aromatic carbocycles. The third-order valence-corrected chi connectivity index (χ3v) is 4.61. The number of aliphatic carboxylic acids is 1. The molecule has 0 bridgehead atoms. The van der Waals surface area contributed by atoms with Gasteiger partial charge in [-0.05, 0) is 30.7 Å². The van der Waals surface area contributed by atoms with Crippen LogP contribution in [0.3, 0.4) is 0 Å². The first kappa shape index (κ1) is 16.7. The fraction of sp³-hybridized carbons (Fsp3) is 0.579. The molecule has 3 nitrogen and oxygen atoms in total. The van der Waals surface area contributed by atoms with Gasteiger partial charge in [-0.3, -0.25) is 9.59 Å². The maximum atomic E-state index is 11.9. The van der Waals surface area contributed by atoms with Crippen LogP contribution in [0.2, 0.25) is 0 Å². The zero-order chi connectivity index (χ0) is 15.8. The molecular weight excluding hydrogens is 276 g/mol. The normalized spacial score (nSPS) is 17.3. The fourth-order valence-corrected chi connectivity index (χ4v) is 3.38. The van der Waals surface area contributed by atoms with E-state index in [2.05, 4.69) is 6.07 Å². The highest BCUT2D eigenvalue weighted by atomic mass is 16.4. The predicted octanol–water partition coefficient (Wildman–Crippen LogP) is 4.95. The van der Waals surface area contributed by atoms with Crippen molar-refractivity contribution >= 4 is 11.8 Å². The highest BCUT2D eigenvalue weighted by molar-refractivity contribution is 5.98. The second kappa shape index (κ2) is 8.72. The van der Waals surface area contributed by atoms with Gasteiger partial charge >= 0.3 is 5.97 Å². The molecule has 1 aliphatic carbocycles. The number of carboxylic acid groups (broad SMARTS) is 1. The third-order valence-electron chi connectivity index (χ3n) is 4.61. The number of fused-ring (bicyclic) bond motifs is 1. The minimum atomic E-state index is -0.689. The van der Waals surface area contributed by atoms with Gasteiger partial charge in [-0.2, -0.15) is 0 Å². The van der Waals surface area contributed by atoms with E-state index in [1.54, 1.807) is 0 Å².